The highest BCUT2D eigenvalue weighted by atomic mass is 127. The smallest absolute Gasteiger partial charge is 0.225 e. The van der Waals surface area contributed by atoms with Crippen LogP contribution in [0.5, 0.6) is 0 Å². The molecule has 1 unspecified atom stereocenters. The summed E-state index contributed by atoms with van der Waals surface area (Å²) in [5, 5.41) is 6.92. The van der Waals surface area contributed by atoms with E-state index in [-0.39, 0.29) is 36.0 Å². The van der Waals surface area contributed by atoms with Gasteiger partial charge in [-0.05, 0) is 51.9 Å². The van der Waals surface area contributed by atoms with Gasteiger partial charge in [0.05, 0.1) is 6.10 Å². The van der Waals surface area contributed by atoms with Crippen molar-refractivity contribution in [2.45, 2.75) is 85.8 Å². The van der Waals surface area contributed by atoms with Gasteiger partial charge in [-0.3, -0.25) is 9.79 Å². The first-order chi connectivity index (χ1) is 13.5. The molecule has 2 N–H and O–H groups in total. The topological polar surface area (TPSA) is 66.0 Å². The lowest BCUT2D eigenvalue weighted by Gasteiger charge is -2.35. The molecule has 1 atom stereocenters. The van der Waals surface area contributed by atoms with Crippen LogP contribution in [0.1, 0.15) is 73.6 Å². The van der Waals surface area contributed by atoms with E-state index in [1.54, 1.807) is 0 Å². The fourth-order valence-corrected chi connectivity index (χ4v) is 3.78. The van der Waals surface area contributed by atoms with E-state index < -0.39 is 0 Å². The second kappa shape index (κ2) is 16.2. The van der Waals surface area contributed by atoms with Crippen LogP contribution in [0, 0.1) is 11.8 Å². The molecule has 7 heteroatoms. The number of ether oxygens (including phenoxy) is 1. The first-order valence-corrected chi connectivity index (χ1v) is 11.4. The van der Waals surface area contributed by atoms with E-state index in [2.05, 4.69) is 50.2 Å². The molecule has 1 rings (SSSR count). The van der Waals surface area contributed by atoms with Gasteiger partial charge in [-0.15, -0.1) is 24.0 Å². The van der Waals surface area contributed by atoms with Crippen LogP contribution in [0.15, 0.2) is 4.99 Å². The number of carbonyl (C=O) groups is 1. The van der Waals surface area contributed by atoms with E-state index in [0.29, 0.717) is 17.9 Å². The lowest BCUT2D eigenvalue weighted by Crippen LogP contribution is -2.50. The molecule has 0 radical (unpaired) electrons. The highest BCUT2D eigenvalue weighted by Crippen LogP contribution is 2.17. The average Bonchev–Trinajstić information content (AvgIpc) is 2.68. The van der Waals surface area contributed by atoms with Gasteiger partial charge < -0.3 is 20.3 Å². The zero-order valence-electron chi connectivity index (χ0n) is 19.5. The minimum absolute atomic E-state index is 0. The molecule has 1 saturated heterocycles. The van der Waals surface area contributed by atoms with Gasteiger partial charge in [-0.25, -0.2) is 0 Å². The lowest BCUT2D eigenvalue weighted by molar-refractivity contribution is -0.136. The number of rotatable bonds is 11. The van der Waals surface area contributed by atoms with Crippen LogP contribution in [0.2, 0.25) is 0 Å². The first kappa shape index (κ1) is 28.4. The molecule has 0 aromatic heterocycles. The van der Waals surface area contributed by atoms with Gasteiger partial charge in [0, 0.05) is 44.7 Å². The Morgan fingerprint density at radius 1 is 1.14 bits per heavy atom. The third kappa shape index (κ3) is 10.3. The van der Waals surface area contributed by atoms with Crippen molar-refractivity contribution in [1.29, 1.82) is 0 Å². The molecule has 0 aliphatic carbocycles. The summed E-state index contributed by atoms with van der Waals surface area (Å²) in [4.78, 5) is 19.4. The van der Waals surface area contributed by atoms with Gasteiger partial charge >= 0.3 is 0 Å². The summed E-state index contributed by atoms with van der Waals surface area (Å²) >= 11 is 0. The Balaban J connectivity index is 0.00000784. The van der Waals surface area contributed by atoms with Gasteiger partial charge in [0.25, 0.3) is 0 Å². The fourth-order valence-electron chi connectivity index (χ4n) is 3.78. The molecule has 6 nitrogen and oxygen atoms in total. The summed E-state index contributed by atoms with van der Waals surface area (Å²) in [6.45, 7) is 16.8. The molecule has 0 bridgehead atoms. The third-order valence-corrected chi connectivity index (χ3v) is 5.63. The Kier molecular flexibility index (Phi) is 15.8. The number of hydrogen-bond acceptors (Lipinski definition) is 3. The van der Waals surface area contributed by atoms with Gasteiger partial charge in [-0.1, -0.05) is 27.7 Å². The highest BCUT2D eigenvalue weighted by Gasteiger charge is 2.26. The Bertz CT molecular complexity index is 462. The van der Waals surface area contributed by atoms with Crippen LogP contribution in [0.3, 0.4) is 0 Å². The number of nitrogens with zero attached hydrogens (tertiary/aromatic N) is 2. The van der Waals surface area contributed by atoms with E-state index in [0.717, 1.165) is 70.8 Å². The first-order valence-electron chi connectivity index (χ1n) is 11.4. The Morgan fingerprint density at radius 2 is 1.76 bits per heavy atom. The molecule has 1 amide bonds. The maximum atomic E-state index is 12.6. The molecule has 0 aromatic carbocycles. The summed E-state index contributed by atoms with van der Waals surface area (Å²) in [6.07, 6.45) is 5.02. The summed E-state index contributed by atoms with van der Waals surface area (Å²) in [5.41, 5.74) is 0. The van der Waals surface area contributed by atoms with Crippen LogP contribution < -0.4 is 10.6 Å². The number of halogens is 1. The molecule has 29 heavy (non-hydrogen) atoms. The molecular formula is C22H45IN4O2. The highest BCUT2D eigenvalue weighted by molar-refractivity contribution is 14.0. The summed E-state index contributed by atoms with van der Waals surface area (Å²) in [6, 6.07) is 0.372. The number of amides is 1. The number of hydrogen-bond donors (Lipinski definition) is 2. The number of likely N-dealkylation sites (tertiary alicyclic amines) is 1. The molecule has 1 aliphatic rings. The lowest BCUT2D eigenvalue weighted by atomic mass is 9.98. The van der Waals surface area contributed by atoms with Crippen molar-refractivity contribution >= 4 is 35.8 Å². The maximum absolute atomic E-state index is 12.6. The second-order valence-electron chi connectivity index (χ2n) is 8.04. The average molecular weight is 525 g/mol. The van der Waals surface area contributed by atoms with Crippen molar-refractivity contribution in [1.82, 2.24) is 15.5 Å². The van der Waals surface area contributed by atoms with Crippen molar-refractivity contribution < 1.29 is 9.53 Å². The molecule has 1 heterocycles. The van der Waals surface area contributed by atoms with Crippen molar-refractivity contribution in [3.63, 3.8) is 0 Å². The minimum Gasteiger partial charge on any atom is -0.378 e. The quantitative estimate of drug-likeness (QED) is 0.243. The van der Waals surface area contributed by atoms with Crippen molar-refractivity contribution in [3.8, 4) is 0 Å². The number of aliphatic imine (C=N–C) groups is 1. The molecule has 0 spiro atoms. The van der Waals surface area contributed by atoms with E-state index in [4.69, 9.17) is 9.73 Å². The summed E-state index contributed by atoms with van der Waals surface area (Å²) < 4.78 is 5.82. The maximum Gasteiger partial charge on any atom is 0.225 e. The Morgan fingerprint density at radius 3 is 2.24 bits per heavy atom. The van der Waals surface area contributed by atoms with Crippen LogP contribution in [0.25, 0.3) is 0 Å². The molecule has 1 aliphatic heterocycles. The number of carbonyl (C=O) groups excluding carboxylic acids is 1. The molecule has 172 valence electrons. The normalized spacial score (nSPS) is 16.7. The Hall–Kier alpha value is -0.570. The van der Waals surface area contributed by atoms with E-state index >= 15 is 0 Å². The molecule has 0 saturated carbocycles. The zero-order chi connectivity index (χ0) is 20.9. The van der Waals surface area contributed by atoms with Crippen molar-refractivity contribution in [3.05, 3.63) is 0 Å². The summed E-state index contributed by atoms with van der Waals surface area (Å²) in [7, 11) is 0. The number of piperidine rings is 1. The third-order valence-electron chi connectivity index (χ3n) is 5.63. The molecular weight excluding hydrogens is 479 g/mol. The van der Waals surface area contributed by atoms with Crippen molar-refractivity contribution in [2.24, 2.45) is 16.8 Å². The van der Waals surface area contributed by atoms with Gasteiger partial charge in [0.15, 0.2) is 5.96 Å². The minimum atomic E-state index is 0. The predicted octanol–water partition coefficient (Wildman–Crippen LogP) is 4.04. The zero-order valence-corrected chi connectivity index (χ0v) is 21.8. The summed E-state index contributed by atoms with van der Waals surface area (Å²) in [5.74, 6) is 1.90. The van der Waals surface area contributed by atoms with Gasteiger partial charge in [0.1, 0.15) is 0 Å². The number of nitrogens with one attached hydrogen (secondary N) is 2. The van der Waals surface area contributed by atoms with E-state index in [1.807, 2.05) is 6.92 Å². The van der Waals surface area contributed by atoms with Gasteiger partial charge in [0.2, 0.25) is 5.91 Å². The van der Waals surface area contributed by atoms with Crippen LogP contribution >= 0.6 is 24.0 Å². The van der Waals surface area contributed by atoms with E-state index in [1.165, 1.54) is 0 Å². The largest absolute Gasteiger partial charge is 0.378 e. The Labute approximate surface area is 196 Å². The second-order valence-corrected chi connectivity index (χ2v) is 8.04. The van der Waals surface area contributed by atoms with Gasteiger partial charge in [-0.2, -0.15) is 0 Å². The van der Waals surface area contributed by atoms with E-state index in [9.17, 15) is 4.79 Å². The van der Waals surface area contributed by atoms with Crippen molar-refractivity contribution in [2.75, 3.05) is 32.8 Å². The standard InChI is InChI=1S/C22H44N4O2.HI/c1-7-18(8-2)21(27)26-15-12-19(13-16-26)25-22(23-9-3)24-14-11-20(17(5)6)28-10-4;/h17-20H,7-16H2,1-6H3,(H2,23,24,25);1H. The SMILES string of the molecule is CCNC(=NCCC(OCC)C(C)C)NC1CCN(C(=O)C(CC)CC)CC1.I. The molecule has 1 fully saturated rings. The fraction of sp³-hybridized carbons (Fsp3) is 0.909. The molecule has 0 aromatic rings. The van der Waals surface area contributed by atoms with Crippen LogP contribution in [-0.2, 0) is 9.53 Å². The predicted molar refractivity (Wildman–Crippen MR) is 133 cm³/mol. The van der Waals surface area contributed by atoms with Crippen LogP contribution in [-0.4, -0.2) is 61.7 Å². The number of guanidine groups is 1. The monoisotopic (exact) mass is 524 g/mol. The van der Waals surface area contributed by atoms with Crippen LogP contribution in [0.4, 0.5) is 0 Å².